The van der Waals surface area contributed by atoms with E-state index in [0.717, 1.165) is 77.7 Å². The first-order valence-electron chi connectivity index (χ1n) is 18.2. The highest BCUT2D eigenvalue weighted by molar-refractivity contribution is 6.36. The lowest BCUT2D eigenvalue weighted by Crippen LogP contribution is -2.28. The van der Waals surface area contributed by atoms with E-state index in [4.69, 9.17) is 42.4 Å². The van der Waals surface area contributed by atoms with Crippen molar-refractivity contribution in [1.82, 2.24) is 20.2 Å². The fourth-order valence-electron chi connectivity index (χ4n) is 8.62. The van der Waals surface area contributed by atoms with Crippen LogP contribution in [0.3, 0.4) is 0 Å². The third kappa shape index (κ3) is 6.86. The largest absolute Gasteiger partial charge is 0.481 e. The van der Waals surface area contributed by atoms with Gasteiger partial charge in [-0.2, -0.15) is 4.98 Å². The molecule has 8 rings (SSSR count). The number of ketones is 1. The van der Waals surface area contributed by atoms with Crippen LogP contribution >= 0.6 is 23.2 Å². The van der Waals surface area contributed by atoms with Gasteiger partial charge in [-0.05, 0) is 72.9 Å². The van der Waals surface area contributed by atoms with E-state index in [-0.39, 0.29) is 12.0 Å². The summed E-state index contributed by atoms with van der Waals surface area (Å²) in [5.41, 5.74) is 6.81. The normalized spacial score (nSPS) is 23.2. The summed E-state index contributed by atoms with van der Waals surface area (Å²) >= 11 is 14.0. The molecule has 10 nitrogen and oxygen atoms in total. The number of ether oxygens (including phenoxy) is 3. The van der Waals surface area contributed by atoms with Crippen LogP contribution in [0.2, 0.25) is 10.0 Å². The van der Waals surface area contributed by atoms with Gasteiger partial charge in [-0.25, -0.2) is 4.98 Å². The van der Waals surface area contributed by atoms with Crippen LogP contribution in [-0.2, 0) is 29.1 Å². The maximum absolute atomic E-state index is 11.8. The highest BCUT2D eigenvalue weighted by atomic mass is 35.5. The number of hydrogen-bond donors (Lipinski definition) is 2. The first kappa shape index (κ1) is 35.8. The van der Waals surface area contributed by atoms with Crippen LogP contribution in [-0.4, -0.2) is 65.6 Å². The molecular formula is C41H42Cl2N4O6. The zero-order valence-electron chi connectivity index (χ0n) is 29.8. The monoisotopic (exact) mass is 756 g/mol. The molecule has 0 amide bonds. The van der Waals surface area contributed by atoms with Crippen molar-refractivity contribution in [1.29, 1.82) is 0 Å². The van der Waals surface area contributed by atoms with Gasteiger partial charge in [0.25, 0.3) is 0 Å². The summed E-state index contributed by atoms with van der Waals surface area (Å²) in [4.78, 5) is 35.1. The molecule has 2 aromatic carbocycles. The molecule has 12 heteroatoms. The number of likely N-dealkylation sites (tertiary alicyclic amines) is 1. The predicted octanol–water partition coefficient (Wildman–Crippen LogP) is 7.57. The lowest BCUT2D eigenvalue weighted by atomic mass is 9.94. The number of methoxy groups -OCH3 is 2. The van der Waals surface area contributed by atoms with Crippen LogP contribution < -0.4 is 19.5 Å². The molecule has 4 atom stereocenters. The van der Waals surface area contributed by atoms with Crippen LogP contribution in [0.4, 0.5) is 0 Å². The molecule has 2 N–H and O–H groups in total. The van der Waals surface area contributed by atoms with Crippen LogP contribution in [0.1, 0.15) is 60.5 Å². The summed E-state index contributed by atoms with van der Waals surface area (Å²) in [5, 5.41) is 14.1. The molecule has 0 radical (unpaired) electrons. The number of halogens is 2. The number of piperidine rings is 1. The lowest BCUT2D eigenvalue weighted by Gasteiger charge is -2.21. The molecule has 0 unspecified atom stereocenters. The average molecular weight is 758 g/mol. The van der Waals surface area contributed by atoms with Crippen molar-refractivity contribution in [3.63, 3.8) is 0 Å². The Hall–Kier alpha value is -4.22. The second-order valence-electron chi connectivity index (χ2n) is 14.8. The Morgan fingerprint density at radius 2 is 1.74 bits per heavy atom. The number of carbonyl (C=O) groups excluding carboxylic acids is 1. The number of carboxylic acids is 1. The minimum absolute atomic E-state index is 0.197. The van der Waals surface area contributed by atoms with E-state index in [9.17, 15) is 14.7 Å². The highest BCUT2D eigenvalue weighted by Crippen LogP contribution is 2.58. The maximum atomic E-state index is 11.8. The first-order chi connectivity index (χ1) is 25.7. The molecule has 3 aliphatic carbocycles. The number of nitrogens with zero attached hydrogens (tertiary/aromatic N) is 3. The number of aromatic nitrogens is 2. The fourth-order valence-corrected chi connectivity index (χ4v) is 9.16. The SMILES string of the molecule is COc1nc(-c2cccc(-c3cccc4c3CC[C@@H]4Oc3nc(OC)c(CN4C[C@@H]5C[C@]5(C(=O)O)C4)cc3Cl)c2Cl)ccc1CNC[C@@H]1CCC(=O)C1. The maximum Gasteiger partial charge on any atom is 0.311 e. The van der Waals surface area contributed by atoms with Gasteiger partial charge in [-0.3, -0.25) is 14.5 Å². The quantitative estimate of drug-likeness (QED) is 0.141. The topological polar surface area (TPSA) is 123 Å². The van der Waals surface area contributed by atoms with Crippen molar-refractivity contribution in [2.24, 2.45) is 17.3 Å². The Bertz CT molecular complexity index is 2090. The van der Waals surface area contributed by atoms with Crippen LogP contribution in [0.25, 0.3) is 22.4 Å². The number of carboxylic acid groups (broad SMARTS) is 1. The number of carbonyl (C=O) groups is 2. The summed E-state index contributed by atoms with van der Waals surface area (Å²) in [6.07, 6.45) is 4.29. The van der Waals surface area contributed by atoms with Gasteiger partial charge >= 0.3 is 5.97 Å². The molecule has 1 saturated heterocycles. The molecule has 1 aliphatic heterocycles. The van der Waals surface area contributed by atoms with Crippen molar-refractivity contribution < 1.29 is 28.9 Å². The number of rotatable bonds is 13. The standard InChI is InChI=1S/C41H42Cl2N4O6/c1-51-37-24(19-44-18-23-9-11-27(48)15-23)10-13-34(45-37)32-8-4-7-31(36(32)43)28-5-3-6-30-29(28)12-14-35(30)53-39-33(42)16-25(38(46-39)52-2)20-47-21-26-17-41(26,22-47)40(49)50/h3-8,10,13,16,23,26,35,44H,9,11-12,14-15,17-22H2,1-2H3,(H,49,50)/t23-,26+,35+,41+/m1/s1. The van der Waals surface area contributed by atoms with E-state index in [0.29, 0.717) is 77.6 Å². The van der Waals surface area contributed by atoms with Crippen molar-refractivity contribution in [2.45, 2.75) is 57.7 Å². The summed E-state index contributed by atoms with van der Waals surface area (Å²) in [6.45, 7) is 3.14. The number of Topliss-reactive ketones (excluding diaryl/α,β-unsaturated/α-hetero) is 1. The van der Waals surface area contributed by atoms with Crippen LogP contribution in [0, 0.1) is 17.3 Å². The van der Waals surface area contributed by atoms with Crippen molar-refractivity contribution in [3.8, 4) is 40.0 Å². The highest BCUT2D eigenvalue weighted by Gasteiger charge is 2.65. The Morgan fingerprint density at radius 1 is 0.962 bits per heavy atom. The molecule has 3 heterocycles. The number of pyridine rings is 2. The molecule has 0 spiro atoms. The van der Waals surface area contributed by atoms with Gasteiger partial charge in [0, 0.05) is 61.3 Å². The fraction of sp³-hybridized carbons (Fsp3) is 0.415. The van der Waals surface area contributed by atoms with E-state index in [2.05, 4.69) is 27.3 Å². The first-order valence-corrected chi connectivity index (χ1v) is 19.0. The molecule has 0 bridgehead atoms. The number of benzene rings is 2. The zero-order valence-corrected chi connectivity index (χ0v) is 31.3. The predicted molar refractivity (Wildman–Crippen MR) is 202 cm³/mol. The Balaban J connectivity index is 0.989. The Morgan fingerprint density at radius 3 is 2.49 bits per heavy atom. The van der Waals surface area contributed by atoms with Gasteiger partial charge in [-0.15, -0.1) is 0 Å². The summed E-state index contributed by atoms with van der Waals surface area (Å²) in [6, 6.07) is 18.0. The lowest BCUT2D eigenvalue weighted by molar-refractivity contribution is -0.143. The Kier molecular flexibility index (Phi) is 9.82. The molecule has 53 heavy (non-hydrogen) atoms. The van der Waals surface area contributed by atoms with Crippen LogP contribution in [0.5, 0.6) is 17.6 Å². The third-order valence-corrected chi connectivity index (χ3v) is 12.2. The molecule has 3 fully saturated rings. The van der Waals surface area contributed by atoms with E-state index in [1.165, 1.54) is 0 Å². The minimum Gasteiger partial charge on any atom is -0.481 e. The van der Waals surface area contributed by atoms with Crippen molar-refractivity contribution in [3.05, 3.63) is 86.9 Å². The number of aliphatic carboxylic acids is 1. The Labute approximate surface area is 318 Å². The summed E-state index contributed by atoms with van der Waals surface area (Å²) in [7, 11) is 3.19. The molecule has 2 aromatic heterocycles. The molecule has 4 aliphatic rings. The molecular weight excluding hydrogens is 715 g/mol. The number of hydrogen-bond acceptors (Lipinski definition) is 9. The van der Waals surface area contributed by atoms with E-state index < -0.39 is 11.4 Å². The summed E-state index contributed by atoms with van der Waals surface area (Å²) < 4.78 is 17.8. The van der Waals surface area contributed by atoms with E-state index >= 15 is 0 Å². The van der Waals surface area contributed by atoms with Gasteiger partial charge in [0.05, 0.1) is 30.4 Å². The van der Waals surface area contributed by atoms with Gasteiger partial charge in [0.15, 0.2) is 0 Å². The van der Waals surface area contributed by atoms with Gasteiger partial charge in [0.1, 0.15) is 16.9 Å². The van der Waals surface area contributed by atoms with Crippen LogP contribution in [0.15, 0.2) is 54.6 Å². The second-order valence-corrected chi connectivity index (χ2v) is 15.6. The van der Waals surface area contributed by atoms with Gasteiger partial charge in [-0.1, -0.05) is 65.7 Å². The van der Waals surface area contributed by atoms with E-state index in [1.54, 1.807) is 14.2 Å². The molecule has 276 valence electrons. The van der Waals surface area contributed by atoms with Gasteiger partial charge < -0.3 is 24.6 Å². The van der Waals surface area contributed by atoms with Crippen molar-refractivity contribution in [2.75, 3.05) is 33.9 Å². The zero-order chi connectivity index (χ0) is 36.9. The molecule has 4 aromatic rings. The second kappa shape index (κ2) is 14.5. The van der Waals surface area contributed by atoms with E-state index in [1.807, 2.05) is 42.5 Å². The third-order valence-electron chi connectivity index (χ3n) is 11.5. The van der Waals surface area contributed by atoms with Gasteiger partial charge in [0.2, 0.25) is 17.6 Å². The average Bonchev–Trinajstić information content (AvgIpc) is 3.43. The van der Waals surface area contributed by atoms with Crippen molar-refractivity contribution >= 4 is 35.0 Å². The number of nitrogens with one attached hydrogen (secondary N) is 1. The minimum atomic E-state index is -0.713. The summed E-state index contributed by atoms with van der Waals surface area (Å²) in [5.74, 6) is 1.48. The molecule has 2 saturated carbocycles. The number of fused-ring (bicyclic) bond motifs is 2. The smallest absolute Gasteiger partial charge is 0.311 e.